The highest BCUT2D eigenvalue weighted by Gasteiger charge is 2.31. The number of hydrogen-bond donors (Lipinski definition) is 2. The van der Waals surface area contributed by atoms with Gasteiger partial charge in [-0.3, -0.25) is 4.68 Å². The minimum absolute atomic E-state index is 0.271. The molecule has 1 saturated carbocycles. The molecule has 1 aliphatic carbocycles. The van der Waals surface area contributed by atoms with Crippen molar-refractivity contribution in [1.82, 2.24) is 15.1 Å². The number of hydrogen-bond acceptors (Lipinski definition) is 3. The van der Waals surface area contributed by atoms with Gasteiger partial charge in [0.15, 0.2) is 0 Å². The molecule has 1 aromatic heterocycles. The Kier molecular flexibility index (Phi) is 3.84. The summed E-state index contributed by atoms with van der Waals surface area (Å²) in [6.07, 6.45) is 5.40. The molecule has 2 rings (SSSR count). The molecule has 4 nitrogen and oxygen atoms in total. The summed E-state index contributed by atoms with van der Waals surface area (Å²) in [5.41, 5.74) is 2.47. The summed E-state index contributed by atoms with van der Waals surface area (Å²) in [7, 11) is 1.97. The summed E-state index contributed by atoms with van der Waals surface area (Å²) in [5, 5.41) is 17.0. The van der Waals surface area contributed by atoms with E-state index in [0.717, 1.165) is 12.3 Å². The molecule has 2 atom stereocenters. The molecule has 1 fully saturated rings. The molecule has 2 unspecified atom stereocenters. The van der Waals surface area contributed by atoms with Crippen molar-refractivity contribution in [2.45, 2.75) is 45.2 Å². The van der Waals surface area contributed by atoms with Gasteiger partial charge in [-0.25, -0.2) is 0 Å². The maximum absolute atomic E-state index is 9.10. The van der Waals surface area contributed by atoms with Gasteiger partial charge in [0.1, 0.15) is 0 Å². The fraction of sp³-hybridized carbons (Fsp3) is 0.769. The predicted molar refractivity (Wildman–Crippen MR) is 67.7 cm³/mol. The minimum atomic E-state index is 0.271. The van der Waals surface area contributed by atoms with Gasteiger partial charge in [0.05, 0.1) is 6.20 Å². The van der Waals surface area contributed by atoms with E-state index in [1.54, 1.807) is 0 Å². The lowest BCUT2D eigenvalue weighted by Gasteiger charge is -2.22. The van der Waals surface area contributed by atoms with Crippen LogP contribution in [0.5, 0.6) is 0 Å². The lowest BCUT2D eigenvalue weighted by molar-refractivity contribution is 0.250. The molecule has 1 aliphatic rings. The van der Waals surface area contributed by atoms with Gasteiger partial charge in [-0.2, -0.15) is 5.10 Å². The van der Waals surface area contributed by atoms with Crippen LogP contribution >= 0.6 is 0 Å². The Morgan fingerprint density at radius 1 is 1.59 bits per heavy atom. The smallest absolute Gasteiger partial charge is 0.0540 e. The number of nitrogens with one attached hydrogen (secondary N) is 1. The highest BCUT2D eigenvalue weighted by Crippen LogP contribution is 2.35. The molecule has 2 N–H and O–H groups in total. The molecule has 17 heavy (non-hydrogen) atoms. The largest absolute Gasteiger partial charge is 0.396 e. The third-order valence-electron chi connectivity index (χ3n) is 3.83. The highest BCUT2D eigenvalue weighted by molar-refractivity contribution is 5.20. The van der Waals surface area contributed by atoms with Crippen LogP contribution in [0, 0.1) is 12.8 Å². The lowest BCUT2D eigenvalue weighted by atomic mass is 10.0. The molecule has 0 amide bonds. The van der Waals surface area contributed by atoms with Crippen molar-refractivity contribution in [2.75, 3.05) is 6.61 Å². The molecule has 1 heterocycles. The fourth-order valence-electron chi connectivity index (χ4n) is 2.44. The Balaban J connectivity index is 1.99. The maximum atomic E-state index is 9.10. The van der Waals surface area contributed by atoms with Crippen LogP contribution in [-0.4, -0.2) is 27.5 Å². The van der Waals surface area contributed by atoms with E-state index in [0.29, 0.717) is 12.1 Å². The number of aryl methyl sites for hydroxylation is 1. The van der Waals surface area contributed by atoms with Gasteiger partial charge in [-0.05, 0) is 39.0 Å². The van der Waals surface area contributed by atoms with E-state index in [1.807, 2.05) is 17.9 Å². The van der Waals surface area contributed by atoms with Crippen LogP contribution in [-0.2, 0) is 7.05 Å². The number of nitrogens with zero attached hydrogens (tertiary/aromatic N) is 2. The van der Waals surface area contributed by atoms with Crippen LogP contribution in [0.25, 0.3) is 0 Å². The zero-order chi connectivity index (χ0) is 12.4. The Morgan fingerprint density at radius 3 is 2.76 bits per heavy atom. The van der Waals surface area contributed by atoms with Gasteiger partial charge < -0.3 is 10.4 Å². The molecule has 0 spiro atoms. The summed E-state index contributed by atoms with van der Waals surface area (Å²) in [6, 6.07) is 0.760. The third-order valence-corrected chi connectivity index (χ3v) is 3.83. The molecule has 0 saturated heterocycles. The van der Waals surface area contributed by atoms with Crippen LogP contribution in [0.4, 0.5) is 0 Å². The van der Waals surface area contributed by atoms with Crippen molar-refractivity contribution in [3.8, 4) is 0 Å². The zero-order valence-corrected chi connectivity index (χ0v) is 11.0. The summed E-state index contributed by atoms with van der Waals surface area (Å²) in [4.78, 5) is 0. The van der Waals surface area contributed by atoms with E-state index in [4.69, 9.17) is 5.11 Å². The number of rotatable bonds is 6. The van der Waals surface area contributed by atoms with Gasteiger partial charge in [-0.15, -0.1) is 0 Å². The zero-order valence-electron chi connectivity index (χ0n) is 11.0. The average molecular weight is 237 g/mol. The maximum Gasteiger partial charge on any atom is 0.0540 e. The lowest BCUT2D eigenvalue weighted by Crippen LogP contribution is -2.34. The van der Waals surface area contributed by atoms with Crippen LogP contribution in [0.15, 0.2) is 6.20 Å². The van der Waals surface area contributed by atoms with Crippen molar-refractivity contribution in [3.05, 3.63) is 17.5 Å². The van der Waals surface area contributed by atoms with Gasteiger partial charge in [0.2, 0.25) is 0 Å². The summed E-state index contributed by atoms with van der Waals surface area (Å²) < 4.78 is 1.91. The second-order valence-electron chi connectivity index (χ2n) is 5.15. The van der Waals surface area contributed by atoms with E-state index in [1.165, 1.54) is 24.1 Å². The number of aliphatic hydroxyl groups is 1. The molecule has 0 aromatic carbocycles. The molecule has 1 aromatic rings. The molecule has 0 radical (unpaired) electrons. The van der Waals surface area contributed by atoms with E-state index >= 15 is 0 Å². The standard InChI is InChI=1S/C13H23N3O/c1-9(12-8-14-16(3)10(12)2)15-13(6-7-17)11-4-5-11/h8-9,11,13,15,17H,4-7H2,1-3H3. The highest BCUT2D eigenvalue weighted by atomic mass is 16.3. The summed E-state index contributed by atoms with van der Waals surface area (Å²) in [6.45, 7) is 4.54. The first-order chi connectivity index (χ1) is 8.13. The van der Waals surface area contributed by atoms with Crippen LogP contribution < -0.4 is 5.32 Å². The van der Waals surface area contributed by atoms with Gasteiger partial charge in [0, 0.05) is 37.0 Å². The normalized spacial score (nSPS) is 19.3. The van der Waals surface area contributed by atoms with Gasteiger partial charge >= 0.3 is 0 Å². The van der Waals surface area contributed by atoms with E-state index in [2.05, 4.69) is 24.3 Å². The summed E-state index contributed by atoms with van der Waals surface area (Å²) >= 11 is 0. The molecule has 0 bridgehead atoms. The molecular formula is C13H23N3O. The predicted octanol–water partition coefficient (Wildman–Crippen LogP) is 1.54. The van der Waals surface area contributed by atoms with E-state index < -0.39 is 0 Å². The van der Waals surface area contributed by atoms with Crippen LogP contribution in [0.3, 0.4) is 0 Å². The van der Waals surface area contributed by atoms with Crippen LogP contribution in [0.2, 0.25) is 0 Å². The molecule has 4 heteroatoms. The molecular weight excluding hydrogens is 214 g/mol. The first kappa shape index (κ1) is 12.6. The minimum Gasteiger partial charge on any atom is -0.396 e. The van der Waals surface area contributed by atoms with Crippen molar-refractivity contribution >= 4 is 0 Å². The second-order valence-corrected chi connectivity index (χ2v) is 5.15. The molecule has 0 aliphatic heterocycles. The number of aromatic nitrogens is 2. The van der Waals surface area contributed by atoms with Crippen LogP contribution in [0.1, 0.15) is 43.5 Å². The van der Waals surface area contributed by atoms with Gasteiger partial charge in [-0.1, -0.05) is 0 Å². The van der Waals surface area contributed by atoms with Crippen molar-refractivity contribution in [2.24, 2.45) is 13.0 Å². The second kappa shape index (κ2) is 5.19. The Labute approximate surface area is 103 Å². The topological polar surface area (TPSA) is 50.1 Å². The van der Waals surface area contributed by atoms with E-state index in [9.17, 15) is 0 Å². The molecule has 96 valence electrons. The van der Waals surface area contributed by atoms with Crippen molar-refractivity contribution in [3.63, 3.8) is 0 Å². The van der Waals surface area contributed by atoms with Gasteiger partial charge in [0.25, 0.3) is 0 Å². The SMILES string of the molecule is Cc1c(C(C)NC(CCO)C2CC2)cnn1C. The quantitative estimate of drug-likeness (QED) is 0.789. The third kappa shape index (κ3) is 2.87. The summed E-state index contributed by atoms with van der Waals surface area (Å²) in [5.74, 6) is 0.765. The number of aliphatic hydroxyl groups excluding tert-OH is 1. The average Bonchev–Trinajstić information content (AvgIpc) is 3.07. The van der Waals surface area contributed by atoms with Crippen molar-refractivity contribution in [1.29, 1.82) is 0 Å². The first-order valence-electron chi connectivity index (χ1n) is 6.49. The monoisotopic (exact) mass is 237 g/mol. The Morgan fingerprint density at radius 2 is 2.29 bits per heavy atom. The van der Waals surface area contributed by atoms with Crippen molar-refractivity contribution < 1.29 is 5.11 Å². The Hall–Kier alpha value is -0.870. The first-order valence-corrected chi connectivity index (χ1v) is 6.49. The fourth-order valence-corrected chi connectivity index (χ4v) is 2.44. The van der Waals surface area contributed by atoms with E-state index in [-0.39, 0.29) is 6.61 Å². The Bertz CT molecular complexity index is 371.